The zero-order valence-electron chi connectivity index (χ0n) is 16.7. The highest BCUT2D eigenvalue weighted by Crippen LogP contribution is 2.23. The first-order valence-electron chi connectivity index (χ1n) is 9.60. The molecule has 3 heterocycles. The van der Waals surface area contributed by atoms with E-state index >= 15 is 0 Å². The van der Waals surface area contributed by atoms with Gasteiger partial charge in [0.15, 0.2) is 5.58 Å². The largest absolute Gasteiger partial charge is 0.463 e. The fourth-order valence-corrected chi connectivity index (χ4v) is 3.71. The molecule has 4 aromatic rings. The van der Waals surface area contributed by atoms with Gasteiger partial charge in [-0.1, -0.05) is 12.1 Å². The van der Waals surface area contributed by atoms with E-state index in [1.54, 1.807) is 18.4 Å². The Hall–Kier alpha value is -3.35. The van der Waals surface area contributed by atoms with Crippen molar-refractivity contribution in [2.24, 2.45) is 0 Å². The fraction of sp³-hybridized carbons (Fsp3) is 0.273. The standard InChI is InChI=1S/C22H23FN4O2/c1-4-27-15(3)18(14(2)25-27)12-24-22(28)20-11-21-19(8-9-29-21)26(20)13-16-6-5-7-17(23)10-16/h5-11H,4,12-13H2,1-3H3,(H,24,28). The first-order chi connectivity index (χ1) is 14.0. The summed E-state index contributed by atoms with van der Waals surface area (Å²) >= 11 is 0. The third-order valence-corrected chi connectivity index (χ3v) is 5.24. The minimum atomic E-state index is -0.303. The van der Waals surface area contributed by atoms with E-state index in [9.17, 15) is 9.18 Å². The van der Waals surface area contributed by atoms with Crippen LogP contribution in [-0.2, 0) is 19.6 Å². The molecule has 0 unspecified atom stereocenters. The van der Waals surface area contributed by atoms with E-state index in [0.29, 0.717) is 24.4 Å². The lowest BCUT2D eigenvalue weighted by Crippen LogP contribution is -2.26. The van der Waals surface area contributed by atoms with Crippen molar-refractivity contribution >= 4 is 17.0 Å². The second kappa shape index (κ2) is 7.58. The predicted molar refractivity (Wildman–Crippen MR) is 108 cm³/mol. The topological polar surface area (TPSA) is 65.0 Å². The van der Waals surface area contributed by atoms with Gasteiger partial charge in [0, 0.05) is 43.0 Å². The molecule has 0 saturated heterocycles. The molecule has 1 N–H and O–H groups in total. The average Bonchev–Trinajstić information content (AvgIpc) is 3.35. The van der Waals surface area contributed by atoms with E-state index in [2.05, 4.69) is 10.4 Å². The number of benzene rings is 1. The Labute approximate surface area is 167 Å². The quantitative estimate of drug-likeness (QED) is 0.533. The number of amides is 1. The van der Waals surface area contributed by atoms with E-state index in [1.807, 2.05) is 42.2 Å². The molecular weight excluding hydrogens is 371 g/mol. The molecule has 0 aliphatic carbocycles. The molecular formula is C22H23FN4O2. The Balaban J connectivity index is 1.61. The molecule has 150 valence electrons. The molecule has 1 aromatic carbocycles. The van der Waals surface area contributed by atoms with Crippen LogP contribution in [0.1, 0.15) is 39.9 Å². The lowest BCUT2D eigenvalue weighted by molar-refractivity contribution is 0.0942. The molecule has 0 aliphatic rings. The summed E-state index contributed by atoms with van der Waals surface area (Å²) in [5, 5.41) is 7.49. The van der Waals surface area contributed by atoms with E-state index in [1.165, 1.54) is 12.1 Å². The highest BCUT2D eigenvalue weighted by Gasteiger charge is 2.19. The van der Waals surface area contributed by atoms with Crippen molar-refractivity contribution in [3.05, 3.63) is 76.7 Å². The molecule has 3 aromatic heterocycles. The van der Waals surface area contributed by atoms with Gasteiger partial charge in [0.05, 0.1) is 17.5 Å². The van der Waals surface area contributed by atoms with Gasteiger partial charge in [0.1, 0.15) is 11.5 Å². The highest BCUT2D eigenvalue weighted by atomic mass is 19.1. The number of fused-ring (bicyclic) bond motifs is 1. The number of hydrogen-bond donors (Lipinski definition) is 1. The minimum Gasteiger partial charge on any atom is -0.463 e. The van der Waals surface area contributed by atoms with Crippen molar-refractivity contribution in [1.29, 1.82) is 0 Å². The Morgan fingerprint density at radius 2 is 2.07 bits per heavy atom. The van der Waals surface area contributed by atoms with Gasteiger partial charge in [-0.2, -0.15) is 5.10 Å². The number of carbonyl (C=O) groups excluding carboxylic acids is 1. The molecule has 29 heavy (non-hydrogen) atoms. The number of hydrogen-bond acceptors (Lipinski definition) is 3. The maximum atomic E-state index is 13.6. The third kappa shape index (κ3) is 3.55. The van der Waals surface area contributed by atoms with Gasteiger partial charge in [-0.05, 0) is 38.5 Å². The summed E-state index contributed by atoms with van der Waals surface area (Å²) in [6, 6.07) is 9.91. The van der Waals surface area contributed by atoms with Crippen LogP contribution in [0.2, 0.25) is 0 Å². The number of nitrogens with one attached hydrogen (secondary N) is 1. The third-order valence-electron chi connectivity index (χ3n) is 5.24. The maximum Gasteiger partial charge on any atom is 0.268 e. The lowest BCUT2D eigenvalue weighted by atomic mass is 10.2. The molecule has 0 radical (unpaired) electrons. The Kier molecular flexibility index (Phi) is 4.96. The normalized spacial score (nSPS) is 11.3. The monoisotopic (exact) mass is 394 g/mol. The number of furan rings is 1. The van der Waals surface area contributed by atoms with Gasteiger partial charge in [-0.3, -0.25) is 9.48 Å². The van der Waals surface area contributed by atoms with Crippen molar-refractivity contribution in [3.8, 4) is 0 Å². The summed E-state index contributed by atoms with van der Waals surface area (Å²) < 4.78 is 22.9. The molecule has 0 bridgehead atoms. The summed E-state index contributed by atoms with van der Waals surface area (Å²) in [5.41, 5.74) is 5.65. The second-order valence-electron chi connectivity index (χ2n) is 7.06. The molecule has 6 nitrogen and oxygen atoms in total. The van der Waals surface area contributed by atoms with E-state index in [4.69, 9.17) is 4.42 Å². The van der Waals surface area contributed by atoms with Gasteiger partial charge in [0.2, 0.25) is 0 Å². The lowest BCUT2D eigenvalue weighted by Gasteiger charge is -2.11. The zero-order valence-corrected chi connectivity index (χ0v) is 16.7. The molecule has 1 amide bonds. The molecule has 7 heteroatoms. The number of carbonyl (C=O) groups is 1. The number of nitrogens with zero attached hydrogens (tertiary/aromatic N) is 3. The highest BCUT2D eigenvalue weighted by molar-refractivity contribution is 5.97. The summed E-state index contributed by atoms with van der Waals surface area (Å²) in [6.45, 7) is 7.54. The molecule has 4 rings (SSSR count). The summed E-state index contributed by atoms with van der Waals surface area (Å²) in [4.78, 5) is 13.0. The van der Waals surface area contributed by atoms with E-state index in [0.717, 1.165) is 34.6 Å². The predicted octanol–water partition coefficient (Wildman–Crippen LogP) is 4.18. The van der Waals surface area contributed by atoms with Crippen LogP contribution in [0.25, 0.3) is 11.1 Å². The number of halogens is 1. The van der Waals surface area contributed by atoms with Gasteiger partial charge >= 0.3 is 0 Å². The van der Waals surface area contributed by atoms with Crippen molar-refractivity contribution in [3.63, 3.8) is 0 Å². The summed E-state index contributed by atoms with van der Waals surface area (Å²) in [5.74, 6) is -0.515. The van der Waals surface area contributed by atoms with E-state index < -0.39 is 0 Å². The van der Waals surface area contributed by atoms with Gasteiger partial charge in [0.25, 0.3) is 5.91 Å². The van der Waals surface area contributed by atoms with Gasteiger partial charge < -0.3 is 14.3 Å². The SMILES string of the molecule is CCn1nc(C)c(CNC(=O)c2cc3occc3n2Cc2cccc(F)c2)c1C. The smallest absolute Gasteiger partial charge is 0.268 e. The Morgan fingerprint density at radius 3 is 2.79 bits per heavy atom. The van der Waals surface area contributed by atoms with Gasteiger partial charge in [-0.15, -0.1) is 0 Å². The Morgan fingerprint density at radius 1 is 1.24 bits per heavy atom. The Bertz CT molecular complexity index is 1190. The van der Waals surface area contributed by atoms with Crippen LogP contribution in [0.15, 0.2) is 47.1 Å². The fourth-order valence-electron chi connectivity index (χ4n) is 3.71. The van der Waals surface area contributed by atoms with Crippen molar-refractivity contribution in [2.45, 2.75) is 40.4 Å². The van der Waals surface area contributed by atoms with Crippen molar-refractivity contribution in [1.82, 2.24) is 19.7 Å². The second-order valence-corrected chi connectivity index (χ2v) is 7.06. The molecule has 0 spiro atoms. The van der Waals surface area contributed by atoms with E-state index in [-0.39, 0.29) is 11.7 Å². The van der Waals surface area contributed by atoms with Crippen LogP contribution in [0.5, 0.6) is 0 Å². The van der Waals surface area contributed by atoms with Crippen LogP contribution in [0, 0.1) is 19.7 Å². The van der Waals surface area contributed by atoms with Crippen molar-refractivity contribution in [2.75, 3.05) is 0 Å². The number of rotatable bonds is 6. The van der Waals surface area contributed by atoms with Crippen LogP contribution >= 0.6 is 0 Å². The first-order valence-corrected chi connectivity index (χ1v) is 9.60. The minimum absolute atomic E-state index is 0.212. The molecule has 0 aliphatic heterocycles. The van der Waals surface area contributed by atoms with Gasteiger partial charge in [-0.25, -0.2) is 4.39 Å². The number of aryl methyl sites for hydroxylation is 2. The van der Waals surface area contributed by atoms with Crippen LogP contribution in [0.4, 0.5) is 4.39 Å². The zero-order chi connectivity index (χ0) is 20.5. The average molecular weight is 394 g/mol. The summed E-state index contributed by atoms with van der Waals surface area (Å²) in [7, 11) is 0. The van der Waals surface area contributed by atoms with Crippen LogP contribution < -0.4 is 5.32 Å². The molecule has 0 fully saturated rings. The molecule has 0 atom stereocenters. The van der Waals surface area contributed by atoms with Crippen LogP contribution in [0.3, 0.4) is 0 Å². The maximum absolute atomic E-state index is 13.6. The summed E-state index contributed by atoms with van der Waals surface area (Å²) in [6.07, 6.45) is 1.58. The number of aromatic nitrogens is 3. The molecule has 0 saturated carbocycles. The van der Waals surface area contributed by atoms with Crippen molar-refractivity contribution < 1.29 is 13.6 Å². The van der Waals surface area contributed by atoms with Crippen LogP contribution in [-0.4, -0.2) is 20.3 Å². The first kappa shape index (κ1) is 19.0.